The van der Waals surface area contributed by atoms with Crippen LogP contribution in [0.15, 0.2) is 6.33 Å². The average Bonchev–Trinajstić information content (AvgIpc) is 2.34. The largest absolute Gasteiger partial charge is 0.408 e. The zero-order valence-electron chi connectivity index (χ0n) is 6.97. The highest BCUT2D eigenvalue weighted by atomic mass is 19.4. The van der Waals surface area contributed by atoms with E-state index in [1.54, 1.807) is 7.05 Å². The standard InChI is InChI=1S/C6H9F3N4/c1-10-2-5-11-4-12-13(5)3-6(7,8)9/h4,10H,2-3H2,1H3. The van der Waals surface area contributed by atoms with Gasteiger partial charge < -0.3 is 5.32 Å². The molecule has 0 aliphatic rings. The van der Waals surface area contributed by atoms with Crippen molar-refractivity contribution < 1.29 is 13.2 Å². The molecule has 0 aromatic carbocycles. The second kappa shape index (κ2) is 3.73. The number of halogens is 3. The first-order valence-electron chi connectivity index (χ1n) is 3.61. The van der Waals surface area contributed by atoms with Crippen molar-refractivity contribution in [1.29, 1.82) is 0 Å². The third-order valence-corrected chi connectivity index (χ3v) is 1.36. The summed E-state index contributed by atoms with van der Waals surface area (Å²) in [4.78, 5) is 3.68. The van der Waals surface area contributed by atoms with Gasteiger partial charge in [0.15, 0.2) is 0 Å². The molecule has 1 aromatic rings. The average molecular weight is 194 g/mol. The molecule has 0 saturated heterocycles. The van der Waals surface area contributed by atoms with Gasteiger partial charge in [0.1, 0.15) is 18.7 Å². The van der Waals surface area contributed by atoms with Gasteiger partial charge in [-0.3, -0.25) is 0 Å². The van der Waals surface area contributed by atoms with Crippen molar-refractivity contribution in [1.82, 2.24) is 20.1 Å². The number of aromatic nitrogens is 3. The lowest BCUT2D eigenvalue weighted by molar-refractivity contribution is -0.143. The van der Waals surface area contributed by atoms with Crippen LogP contribution in [0, 0.1) is 0 Å². The molecule has 0 unspecified atom stereocenters. The summed E-state index contributed by atoms with van der Waals surface area (Å²) in [7, 11) is 1.63. The summed E-state index contributed by atoms with van der Waals surface area (Å²) < 4.78 is 36.6. The van der Waals surface area contributed by atoms with Gasteiger partial charge >= 0.3 is 6.18 Å². The lowest BCUT2D eigenvalue weighted by Gasteiger charge is -2.08. The minimum Gasteiger partial charge on any atom is -0.313 e. The maximum atomic E-state index is 11.9. The number of alkyl halides is 3. The third-order valence-electron chi connectivity index (χ3n) is 1.36. The van der Waals surface area contributed by atoms with Crippen LogP contribution in [0.2, 0.25) is 0 Å². The number of hydrogen-bond donors (Lipinski definition) is 1. The first-order chi connectivity index (χ1) is 6.03. The lowest BCUT2D eigenvalue weighted by Crippen LogP contribution is -2.22. The van der Waals surface area contributed by atoms with E-state index in [4.69, 9.17) is 0 Å². The summed E-state index contributed by atoms with van der Waals surface area (Å²) in [5.74, 6) is 0.278. The van der Waals surface area contributed by atoms with Crippen LogP contribution in [0.5, 0.6) is 0 Å². The Bertz CT molecular complexity index is 267. The molecule has 0 spiro atoms. The molecule has 4 nitrogen and oxygen atoms in total. The molecule has 0 radical (unpaired) electrons. The molecule has 0 aliphatic heterocycles. The van der Waals surface area contributed by atoms with Crippen LogP contribution in [0.4, 0.5) is 13.2 Å². The van der Waals surface area contributed by atoms with Gasteiger partial charge in [-0.05, 0) is 7.05 Å². The van der Waals surface area contributed by atoms with Crippen molar-refractivity contribution in [2.75, 3.05) is 7.05 Å². The molecule has 0 saturated carbocycles. The Hall–Kier alpha value is -1.11. The summed E-state index contributed by atoms with van der Waals surface area (Å²) in [5, 5.41) is 6.17. The molecule has 1 aromatic heterocycles. The molecule has 1 heterocycles. The summed E-state index contributed by atoms with van der Waals surface area (Å²) in [6, 6.07) is 0. The molecule has 7 heteroatoms. The monoisotopic (exact) mass is 194 g/mol. The van der Waals surface area contributed by atoms with Gasteiger partial charge in [0.05, 0.1) is 6.54 Å². The fourth-order valence-electron chi connectivity index (χ4n) is 0.885. The van der Waals surface area contributed by atoms with Crippen LogP contribution in [0.3, 0.4) is 0 Å². The Balaban J connectivity index is 2.70. The molecular weight excluding hydrogens is 185 g/mol. The topological polar surface area (TPSA) is 42.7 Å². The number of nitrogens with zero attached hydrogens (tertiary/aromatic N) is 3. The van der Waals surface area contributed by atoms with E-state index >= 15 is 0 Å². The van der Waals surface area contributed by atoms with Crippen molar-refractivity contribution in [2.45, 2.75) is 19.3 Å². The SMILES string of the molecule is CNCc1ncnn1CC(F)(F)F. The van der Waals surface area contributed by atoms with E-state index in [-0.39, 0.29) is 12.4 Å². The van der Waals surface area contributed by atoms with Crippen LogP contribution < -0.4 is 5.32 Å². The van der Waals surface area contributed by atoms with Gasteiger partial charge in [0, 0.05) is 0 Å². The van der Waals surface area contributed by atoms with Crippen LogP contribution in [0.1, 0.15) is 5.82 Å². The Morgan fingerprint density at radius 1 is 1.54 bits per heavy atom. The second-order valence-corrected chi connectivity index (χ2v) is 2.48. The number of rotatable bonds is 3. The van der Waals surface area contributed by atoms with Crippen molar-refractivity contribution in [3.05, 3.63) is 12.2 Å². The molecular formula is C6H9F3N4. The summed E-state index contributed by atoms with van der Waals surface area (Å²) in [5.41, 5.74) is 0. The van der Waals surface area contributed by atoms with Crippen LogP contribution in [-0.4, -0.2) is 28.0 Å². The van der Waals surface area contributed by atoms with Crippen molar-refractivity contribution >= 4 is 0 Å². The molecule has 74 valence electrons. The normalized spacial score (nSPS) is 12.0. The van der Waals surface area contributed by atoms with E-state index in [1.807, 2.05) is 0 Å². The predicted octanol–water partition coefficient (Wildman–Crippen LogP) is 0.560. The van der Waals surface area contributed by atoms with E-state index in [1.165, 1.54) is 0 Å². The molecule has 1 N–H and O–H groups in total. The molecule has 1 rings (SSSR count). The Morgan fingerprint density at radius 3 is 2.77 bits per heavy atom. The first-order valence-corrected chi connectivity index (χ1v) is 3.61. The highest BCUT2D eigenvalue weighted by molar-refractivity contribution is 4.83. The highest BCUT2D eigenvalue weighted by Gasteiger charge is 2.29. The van der Waals surface area contributed by atoms with Crippen molar-refractivity contribution in [3.63, 3.8) is 0 Å². The molecule has 13 heavy (non-hydrogen) atoms. The fourth-order valence-corrected chi connectivity index (χ4v) is 0.885. The number of nitrogens with one attached hydrogen (secondary N) is 1. The first kappa shape index (κ1) is 9.97. The predicted molar refractivity (Wildman–Crippen MR) is 38.8 cm³/mol. The smallest absolute Gasteiger partial charge is 0.313 e. The summed E-state index contributed by atoms with van der Waals surface area (Å²) >= 11 is 0. The summed E-state index contributed by atoms with van der Waals surface area (Å²) in [6.45, 7) is -0.819. The maximum Gasteiger partial charge on any atom is 0.408 e. The van der Waals surface area contributed by atoms with E-state index in [0.29, 0.717) is 0 Å². The lowest BCUT2D eigenvalue weighted by atomic mass is 10.5. The van der Waals surface area contributed by atoms with Crippen molar-refractivity contribution in [2.24, 2.45) is 0 Å². The molecule has 0 aliphatic carbocycles. The van der Waals surface area contributed by atoms with E-state index < -0.39 is 12.7 Å². The quantitative estimate of drug-likeness (QED) is 0.764. The van der Waals surface area contributed by atoms with Gasteiger partial charge in [0.2, 0.25) is 0 Å². The van der Waals surface area contributed by atoms with E-state index in [2.05, 4.69) is 15.4 Å². The minimum atomic E-state index is -4.25. The number of hydrogen-bond acceptors (Lipinski definition) is 3. The van der Waals surface area contributed by atoms with Crippen LogP contribution in [0.25, 0.3) is 0 Å². The molecule has 0 bridgehead atoms. The van der Waals surface area contributed by atoms with Crippen LogP contribution >= 0.6 is 0 Å². The van der Waals surface area contributed by atoms with Gasteiger partial charge in [-0.1, -0.05) is 0 Å². The zero-order chi connectivity index (χ0) is 9.90. The Labute approximate surface area is 72.8 Å². The van der Waals surface area contributed by atoms with Crippen molar-refractivity contribution in [3.8, 4) is 0 Å². The Morgan fingerprint density at radius 2 is 2.23 bits per heavy atom. The zero-order valence-corrected chi connectivity index (χ0v) is 6.97. The van der Waals surface area contributed by atoms with Gasteiger partial charge in [-0.15, -0.1) is 0 Å². The molecule has 0 fully saturated rings. The second-order valence-electron chi connectivity index (χ2n) is 2.48. The maximum absolute atomic E-state index is 11.9. The fraction of sp³-hybridized carbons (Fsp3) is 0.667. The van der Waals surface area contributed by atoms with Gasteiger partial charge in [0.25, 0.3) is 0 Å². The summed E-state index contributed by atoms with van der Waals surface area (Å²) in [6.07, 6.45) is -3.14. The van der Waals surface area contributed by atoms with E-state index in [0.717, 1.165) is 11.0 Å². The molecule has 0 amide bonds. The minimum absolute atomic E-state index is 0.274. The van der Waals surface area contributed by atoms with Crippen LogP contribution in [-0.2, 0) is 13.1 Å². The van der Waals surface area contributed by atoms with Gasteiger partial charge in [-0.2, -0.15) is 18.3 Å². The Kier molecular flexibility index (Phi) is 2.86. The highest BCUT2D eigenvalue weighted by Crippen LogP contribution is 2.17. The van der Waals surface area contributed by atoms with E-state index in [9.17, 15) is 13.2 Å². The van der Waals surface area contributed by atoms with Gasteiger partial charge in [-0.25, -0.2) is 9.67 Å². The third kappa shape index (κ3) is 3.02. The molecule has 0 atom stereocenters.